The van der Waals surface area contributed by atoms with E-state index in [1.807, 2.05) is 0 Å². The molecule has 0 radical (unpaired) electrons. The van der Waals surface area contributed by atoms with Crippen molar-refractivity contribution in [2.45, 2.75) is 6.43 Å². The Hall–Kier alpha value is -2.63. The zero-order chi connectivity index (χ0) is 13.2. The standard InChI is InChI=1S/C8H3F2N3O4/c9-7(10)3-1-5(13(16)17)12-4(2-11)6(3)8(14)15/h1,7H,(H,14,15). The van der Waals surface area contributed by atoms with Crippen LogP contribution in [0.4, 0.5) is 14.6 Å². The van der Waals surface area contributed by atoms with Crippen molar-refractivity contribution in [3.63, 3.8) is 0 Å². The summed E-state index contributed by atoms with van der Waals surface area (Å²) < 4.78 is 25.0. The minimum Gasteiger partial charge on any atom is -0.477 e. The van der Waals surface area contributed by atoms with E-state index in [0.717, 1.165) is 0 Å². The van der Waals surface area contributed by atoms with E-state index in [1.54, 1.807) is 0 Å². The van der Waals surface area contributed by atoms with E-state index in [-0.39, 0.29) is 0 Å². The fraction of sp³-hybridized carbons (Fsp3) is 0.125. The van der Waals surface area contributed by atoms with Crippen molar-refractivity contribution >= 4 is 11.8 Å². The normalized spacial score (nSPS) is 10.0. The molecular weight excluding hydrogens is 240 g/mol. The largest absolute Gasteiger partial charge is 0.477 e. The first-order valence-corrected chi connectivity index (χ1v) is 3.99. The van der Waals surface area contributed by atoms with Gasteiger partial charge < -0.3 is 15.2 Å². The minimum atomic E-state index is -3.25. The zero-order valence-electron chi connectivity index (χ0n) is 7.92. The third-order valence-electron chi connectivity index (χ3n) is 1.78. The Bertz CT molecular complexity index is 538. The van der Waals surface area contributed by atoms with Crippen molar-refractivity contribution in [3.8, 4) is 6.07 Å². The summed E-state index contributed by atoms with van der Waals surface area (Å²) in [7, 11) is 0. The first-order chi connectivity index (χ1) is 7.88. The monoisotopic (exact) mass is 243 g/mol. The molecule has 1 rings (SSSR count). The van der Waals surface area contributed by atoms with Crippen LogP contribution < -0.4 is 0 Å². The number of rotatable bonds is 3. The van der Waals surface area contributed by atoms with Crippen LogP contribution >= 0.6 is 0 Å². The van der Waals surface area contributed by atoms with Crippen LogP contribution in [-0.2, 0) is 0 Å². The molecule has 0 aliphatic heterocycles. The van der Waals surface area contributed by atoms with Crippen molar-refractivity contribution in [1.82, 2.24) is 4.98 Å². The highest BCUT2D eigenvalue weighted by atomic mass is 19.3. The second kappa shape index (κ2) is 4.48. The number of hydrogen-bond donors (Lipinski definition) is 1. The van der Waals surface area contributed by atoms with Gasteiger partial charge in [-0.2, -0.15) is 5.26 Å². The van der Waals surface area contributed by atoms with Gasteiger partial charge in [0, 0.05) is 11.6 Å². The SMILES string of the molecule is N#Cc1nc([N+](=O)[O-])cc(C(F)F)c1C(=O)O. The summed E-state index contributed by atoms with van der Waals surface area (Å²) in [6.45, 7) is 0. The quantitative estimate of drug-likeness (QED) is 0.634. The molecule has 0 saturated heterocycles. The van der Waals surface area contributed by atoms with Gasteiger partial charge in [0.05, 0.1) is 0 Å². The van der Waals surface area contributed by atoms with Crippen LogP contribution in [0.2, 0.25) is 0 Å². The molecule has 0 bridgehead atoms. The highest BCUT2D eigenvalue weighted by molar-refractivity contribution is 5.92. The average molecular weight is 243 g/mol. The predicted molar refractivity (Wildman–Crippen MR) is 47.5 cm³/mol. The molecule has 0 spiro atoms. The summed E-state index contributed by atoms with van der Waals surface area (Å²) in [5, 5.41) is 27.6. The van der Waals surface area contributed by atoms with Gasteiger partial charge in [0.15, 0.2) is 0 Å². The van der Waals surface area contributed by atoms with Crippen molar-refractivity contribution in [3.05, 3.63) is 33.0 Å². The van der Waals surface area contributed by atoms with Gasteiger partial charge in [0.1, 0.15) is 11.6 Å². The minimum absolute atomic E-state index is 0.342. The fourth-order valence-electron chi connectivity index (χ4n) is 1.12. The number of alkyl halides is 2. The van der Waals surface area contributed by atoms with Crippen LogP contribution in [0, 0.1) is 21.4 Å². The molecular formula is C8H3F2N3O4. The Balaban J connectivity index is 3.65. The molecule has 88 valence electrons. The first kappa shape index (κ1) is 12.4. The van der Waals surface area contributed by atoms with Gasteiger partial charge >= 0.3 is 11.8 Å². The zero-order valence-corrected chi connectivity index (χ0v) is 7.92. The Kier molecular flexibility index (Phi) is 3.28. The van der Waals surface area contributed by atoms with Gasteiger partial charge in [-0.25, -0.2) is 13.6 Å². The van der Waals surface area contributed by atoms with Gasteiger partial charge in [-0.15, -0.1) is 0 Å². The van der Waals surface area contributed by atoms with Crippen LogP contribution in [0.25, 0.3) is 0 Å². The lowest BCUT2D eigenvalue weighted by molar-refractivity contribution is -0.389. The summed E-state index contributed by atoms with van der Waals surface area (Å²) in [5.74, 6) is -2.79. The van der Waals surface area contributed by atoms with E-state index in [0.29, 0.717) is 6.07 Å². The number of nitro groups is 1. The third-order valence-corrected chi connectivity index (χ3v) is 1.78. The van der Waals surface area contributed by atoms with Gasteiger partial charge in [-0.1, -0.05) is 0 Å². The number of nitrogens with zero attached hydrogens (tertiary/aromatic N) is 3. The van der Waals surface area contributed by atoms with Crippen LogP contribution in [0.3, 0.4) is 0 Å². The summed E-state index contributed by atoms with van der Waals surface area (Å²) in [6, 6.07) is 1.58. The molecule has 0 unspecified atom stereocenters. The molecule has 0 saturated carbocycles. The number of carbonyl (C=O) groups is 1. The maximum Gasteiger partial charge on any atom is 0.365 e. The lowest BCUT2D eigenvalue weighted by atomic mass is 10.1. The van der Waals surface area contributed by atoms with Crippen LogP contribution in [0.5, 0.6) is 0 Å². The van der Waals surface area contributed by atoms with Crippen molar-refractivity contribution in [1.29, 1.82) is 5.26 Å². The number of hydrogen-bond acceptors (Lipinski definition) is 5. The first-order valence-electron chi connectivity index (χ1n) is 3.99. The van der Waals surface area contributed by atoms with Crippen LogP contribution in [-0.4, -0.2) is 21.0 Å². The topological polar surface area (TPSA) is 117 Å². The Morgan fingerprint density at radius 2 is 2.24 bits per heavy atom. The lowest BCUT2D eigenvalue weighted by Gasteiger charge is -2.04. The molecule has 0 aromatic carbocycles. The van der Waals surface area contributed by atoms with Crippen molar-refractivity contribution in [2.75, 3.05) is 0 Å². The molecule has 0 amide bonds. The number of nitriles is 1. The summed E-state index contributed by atoms with van der Waals surface area (Å²) in [6.07, 6.45) is -3.25. The fourth-order valence-corrected chi connectivity index (χ4v) is 1.12. The van der Waals surface area contributed by atoms with Crippen molar-refractivity contribution in [2.24, 2.45) is 0 Å². The molecule has 7 nitrogen and oxygen atoms in total. The summed E-state index contributed by atoms with van der Waals surface area (Å²) in [4.78, 5) is 23.1. The van der Waals surface area contributed by atoms with E-state index in [4.69, 9.17) is 10.4 Å². The highest BCUT2D eigenvalue weighted by Crippen LogP contribution is 2.27. The van der Waals surface area contributed by atoms with Gasteiger partial charge in [0.2, 0.25) is 0 Å². The number of aromatic nitrogens is 1. The second-order valence-corrected chi connectivity index (χ2v) is 2.77. The third kappa shape index (κ3) is 2.31. The van der Waals surface area contributed by atoms with Crippen LogP contribution in [0.15, 0.2) is 6.07 Å². The summed E-state index contributed by atoms with van der Waals surface area (Å²) in [5.41, 5.74) is -3.04. The van der Waals surface area contributed by atoms with Crippen molar-refractivity contribution < 1.29 is 23.6 Å². The number of halogens is 2. The number of aromatic carboxylic acids is 1. The van der Waals surface area contributed by atoms with E-state index >= 15 is 0 Å². The molecule has 1 heterocycles. The highest BCUT2D eigenvalue weighted by Gasteiger charge is 2.29. The molecule has 1 aromatic rings. The average Bonchev–Trinajstić information content (AvgIpc) is 2.26. The molecule has 1 aromatic heterocycles. The van der Waals surface area contributed by atoms with E-state index in [1.165, 1.54) is 6.07 Å². The van der Waals surface area contributed by atoms with Gasteiger partial charge in [-0.05, 0) is 9.91 Å². The second-order valence-electron chi connectivity index (χ2n) is 2.77. The molecule has 0 atom stereocenters. The molecule has 1 N–H and O–H groups in total. The number of carboxylic acid groups (broad SMARTS) is 1. The Labute approximate surface area is 92.1 Å². The Morgan fingerprint density at radius 3 is 2.59 bits per heavy atom. The number of pyridine rings is 1. The smallest absolute Gasteiger partial charge is 0.365 e. The van der Waals surface area contributed by atoms with Gasteiger partial charge in [-0.3, -0.25) is 0 Å². The lowest BCUT2D eigenvalue weighted by Crippen LogP contribution is -2.10. The Morgan fingerprint density at radius 1 is 1.65 bits per heavy atom. The summed E-state index contributed by atoms with van der Waals surface area (Å²) >= 11 is 0. The van der Waals surface area contributed by atoms with E-state index < -0.39 is 40.0 Å². The molecule has 0 aliphatic carbocycles. The predicted octanol–water partition coefficient (Wildman–Crippen LogP) is 1.50. The molecule has 0 fully saturated rings. The van der Waals surface area contributed by atoms with Gasteiger partial charge in [0.25, 0.3) is 12.1 Å². The maximum absolute atomic E-state index is 12.5. The molecule has 17 heavy (non-hydrogen) atoms. The molecule has 9 heteroatoms. The van der Waals surface area contributed by atoms with Crippen LogP contribution in [0.1, 0.15) is 28.0 Å². The number of carboxylic acids is 1. The van der Waals surface area contributed by atoms with E-state index in [2.05, 4.69) is 4.98 Å². The molecule has 0 aliphatic rings. The maximum atomic E-state index is 12.5. The van der Waals surface area contributed by atoms with E-state index in [9.17, 15) is 23.7 Å².